The summed E-state index contributed by atoms with van der Waals surface area (Å²) < 4.78 is 0. The predicted octanol–water partition coefficient (Wildman–Crippen LogP) is 3.45. The van der Waals surface area contributed by atoms with E-state index in [0.29, 0.717) is 6.42 Å². The van der Waals surface area contributed by atoms with Gasteiger partial charge in [-0.15, -0.1) is 0 Å². The van der Waals surface area contributed by atoms with Crippen molar-refractivity contribution in [2.24, 2.45) is 0 Å². The van der Waals surface area contributed by atoms with Gasteiger partial charge in [0, 0.05) is 23.4 Å². The van der Waals surface area contributed by atoms with Gasteiger partial charge in [-0.2, -0.15) is 0 Å². The highest BCUT2D eigenvalue weighted by Crippen LogP contribution is 2.48. The number of fused-ring (bicyclic) bond motifs is 2. The Kier molecular flexibility index (Phi) is 3.02. The number of para-hydroxylation sites is 2. The van der Waals surface area contributed by atoms with Gasteiger partial charge in [-0.3, -0.25) is 0 Å². The van der Waals surface area contributed by atoms with Crippen molar-refractivity contribution in [1.29, 1.82) is 0 Å². The lowest BCUT2D eigenvalue weighted by Gasteiger charge is -2.31. The first-order valence-corrected chi connectivity index (χ1v) is 6.86. The zero-order chi connectivity index (χ0) is 12.5. The Morgan fingerprint density at radius 2 is 1.83 bits per heavy atom. The monoisotopic (exact) mass is 257 g/mol. The summed E-state index contributed by atoms with van der Waals surface area (Å²) in [5.74, 6) is 0. The van der Waals surface area contributed by atoms with Gasteiger partial charge in [0.25, 0.3) is 0 Å². The topological polar surface area (TPSA) is 23.5 Å². The number of hydrogen-bond acceptors (Lipinski definition) is 3. The van der Waals surface area contributed by atoms with Crippen LogP contribution in [0.4, 0.5) is 11.4 Å². The molecule has 0 saturated heterocycles. The molecule has 0 amide bonds. The highest BCUT2D eigenvalue weighted by atomic mass is 32.2. The average Bonchev–Trinajstić information content (AvgIpc) is 2.39. The maximum Gasteiger partial charge on any atom is 0.0583 e. The molecule has 0 fully saturated rings. The van der Waals surface area contributed by atoms with Crippen molar-refractivity contribution >= 4 is 23.1 Å². The van der Waals surface area contributed by atoms with E-state index in [4.69, 9.17) is 0 Å². The lowest BCUT2D eigenvalue weighted by atomic mass is 10.1. The molecule has 0 atom stereocenters. The van der Waals surface area contributed by atoms with Gasteiger partial charge in [0.1, 0.15) is 0 Å². The Labute approximate surface area is 111 Å². The molecule has 0 aliphatic carbocycles. The van der Waals surface area contributed by atoms with E-state index in [1.54, 1.807) is 11.8 Å². The van der Waals surface area contributed by atoms with E-state index in [9.17, 15) is 5.11 Å². The van der Waals surface area contributed by atoms with Crippen molar-refractivity contribution < 1.29 is 5.11 Å². The summed E-state index contributed by atoms with van der Waals surface area (Å²) in [5.41, 5.74) is 3.68. The molecule has 3 rings (SSSR count). The van der Waals surface area contributed by atoms with Crippen molar-refractivity contribution in [3.05, 3.63) is 48.0 Å². The van der Waals surface area contributed by atoms with Crippen molar-refractivity contribution in [2.75, 3.05) is 18.6 Å². The van der Waals surface area contributed by atoms with E-state index in [-0.39, 0.29) is 6.61 Å². The van der Waals surface area contributed by atoms with Crippen LogP contribution in [0.3, 0.4) is 0 Å². The first-order chi connectivity index (χ1) is 8.81. The minimum absolute atomic E-state index is 0.191. The van der Waals surface area contributed by atoms with Gasteiger partial charge in [0.05, 0.1) is 11.4 Å². The van der Waals surface area contributed by atoms with E-state index >= 15 is 0 Å². The number of aliphatic hydroxyl groups excluding tert-OH is 1. The van der Waals surface area contributed by atoms with Gasteiger partial charge in [-0.25, -0.2) is 0 Å². The third-order valence-electron chi connectivity index (χ3n) is 3.25. The Balaban J connectivity index is 2.13. The molecule has 92 valence electrons. The Morgan fingerprint density at radius 3 is 2.67 bits per heavy atom. The zero-order valence-corrected chi connectivity index (χ0v) is 11.1. The van der Waals surface area contributed by atoms with Crippen LogP contribution in [0, 0.1) is 0 Å². The zero-order valence-electron chi connectivity index (χ0n) is 10.3. The van der Waals surface area contributed by atoms with Crippen LogP contribution in [0.15, 0.2) is 52.3 Å². The first-order valence-electron chi connectivity index (χ1n) is 6.04. The molecule has 18 heavy (non-hydrogen) atoms. The van der Waals surface area contributed by atoms with Gasteiger partial charge in [-0.1, -0.05) is 36.0 Å². The number of hydrogen-bond donors (Lipinski definition) is 1. The summed E-state index contributed by atoms with van der Waals surface area (Å²) in [5, 5.41) is 9.18. The summed E-state index contributed by atoms with van der Waals surface area (Å²) in [6.45, 7) is 0.191. The minimum atomic E-state index is 0.191. The molecule has 3 heteroatoms. The van der Waals surface area contributed by atoms with Crippen molar-refractivity contribution in [2.45, 2.75) is 16.2 Å². The smallest absolute Gasteiger partial charge is 0.0583 e. The summed E-state index contributed by atoms with van der Waals surface area (Å²) in [4.78, 5) is 4.78. The van der Waals surface area contributed by atoms with Crippen LogP contribution in [0.5, 0.6) is 0 Å². The maximum atomic E-state index is 9.18. The summed E-state index contributed by atoms with van der Waals surface area (Å²) in [7, 11) is 2.10. The minimum Gasteiger partial charge on any atom is -0.396 e. The number of rotatable bonds is 2. The lowest BCUT2D eigenvalue weighted by Crippen LogP contribution is -2.17. The summed E-state index contributed by atoms with van der Waals surface area (Å²) in [6.07, 6.45) is 0.705. The largest absolute Gasteiger partial charge is 0.396 e. The van der Waals surface area contributed by atoms with Crippen LogP contribution in [0.2, 0.25) is 0 Å². The molecule has 0 aromatic heterocycles. The van der Waals surface area contributed by atoms with E-state index in [1.165, 1.54) is 26.7 Å². The molecule has 0 radical (unpaired) electrons. The van der Waals surface area contributed by atoms with E-state index in [1.807, 2.05) is 0 Å². The molecule has 1 N–H and O–H groups in total. The molecule has 0 unspecified atom stereocenters. The fourth-order valence-electron chi connectivity index (χ4n) is 2.41. The van der Waals surface area contributed by atoms with Gasteiger partial charge < -0.3 is 10.0 Å². The number of benzene rings is 2. The Hall–Kier alpha value is -1.45. The standard InChI is InChI=1S/C15H15NOS/c1-16-12-6-2-3-7-13(12)18-14-8-4-5-11(9-10-17)15(14)16/h2-8,17H,9-10H2,1H3. The fraction of sp³-hybridized carbons (Fsp3) is 0.200. The van der Waals surface area contributed by atoms with Crippen LogP contribution in [0.1, 0.15) is 5.56 Å². The molecule has 2 aromatic carbocycles. The molecule has 0 spiro atoms. The maximum absolute atomic E-state index is 9.18. The number of aliphatic hydroxyl groups is 1. The molecule has 0 saturated carbocycles. The van der Waals surface area contributed by atoms with Crippen LogP contribution in [-0.4, -0.2) is 18.8 Å². The van der Waals surface area contributed by atoms with Gasteiger partial charge in [0.15, 0.2) is 0 Å². The van der Waals surface area contributed by atoms with Crippen molar-refractivity contribution in [1.82, 2.24) is 0 Å². The molecule has 0 bridgehead atoms. The molecular formula is C15H15NOS. The predicted molar refractivity (Wildman–Crippen MR) is 75.9 cm³/mol. The lowest BCUT2D eigenvalue weighted by molar-refractivity contribution is 0.299. The van der Waals surface area contributed by atoms with Gasteiger partial charge >= 0.3 is 0 Å². The molecular weight excluding hydrogens is 242 g/mol. The van der Waals surface area contributed by atoms with E-state index < -0.39 is 0 Å². The summed E-state index contributed by atoms with van der Waals surface area (Å²) >= 11 is 1.80. The van der Waals surface area contributed by atoms with Crippen LogP contribution in [0.25, 0.3) is 0 Å². The Bertz CT molecular complexity index is 582. The molecule has 1 aliphatic heterocycles. The quantitative estimate of drug-likeness (QED) is 0.891. The third-order valence-corrected chi connectivity index (χ3v) is 4.36. The van der Waals surface area contributed by atoms with Crippen molar-refractivity contribution in [3.8, 4) is 0 Å². The Morgan fingerprint density at radius 1 is 1.06 bits per heavy atom. The van der Waals surface area contributed by atoms with E-state index in [2.05, 4.69) is 54.4 Å². The second-order valence-corrected chi connectivity index (χ2v) is 5.45. The highest BCUT2D eigenvalue weighted by Gasteiger charge is 2.22. The molecule has 2 aromatic rings. The molecule has 2 nitrogen and oxygen atoms in total. The SMILES string of the molecule is CN1c2ccccc2Sc2cccc(CCO)c21. The van der Waals surface area contributed by atoms with Crippen LogP contribution in [-0.2, 0) is 6.42 Å². The normalized spacial score (nSPS) is 13.1. The molecule has 1 heterocycles. The summed E-state index contributed by atoms with van der Waals surface area (Å²) in [6, 6.07) is 14.7. The van der Waals surface area contributed by atoms with E-state index in [0.717, 1.165) is 0 Å². The highest BCUT2D eigenvalue weighted by molar-refractivity contribution is 7.99. The number of anilines is 2. The fourth-order valence-corrected chi connectivity index (χ4v) is 3.62. The average molecular weight is 257 g/mol. The first kappa shape index (κ1) is 11.6. The number of nitrogens with zero attached hydrogens (tertiary/aromatic N) is 1. The molecule has 1 aliphatic rings. The van der Waals surface area contributed by atoms with Crippen LogP contribution < -0.4 is 4.90 Å². The van der Waals surface area contributed by atoms with Gasteiger partial charge in [0.2, 0.25) is 0 Å². The van der Waals surface area contributed by atoms with Crippen LogP contribution >= 0.6 is 11.8 Å². The second kappa shape index (κ2) is 4.67. The van der Waals surface area contributed by atoms with Gasteiger partial charge in [-0.05, 0) is 30.2 Å². The van der Waals surface area contributed by atoms with Crippen molar-refractivity contribution in [3.63, 3.8) is 0 Å². The second-order valence-electron chi connectivity index (χ2n) is 4.37. The third kappa shape index (κ3) is 1.80.